The number of nitrogens with one attached hydrogen (secondary N) is 1. The number of hydrogen-bond acceptors (Lipinski definition) is 5. The second kappa shape index (κ2) is 8.02. The number of ether oxygens (including phenoxy) is 2. The summed E-state index contributed by atoms with van der Waals surface area (Å²) in [6, 6.07) is 7.81. The topological polar surface area (TPSA) is 65.4 Å². The molecule has 0 amide bonds. The summed E-state index contributed by atoms with van der Waals surface area (Å²) in [6.07, 6.45) is 7.46. The fourth-order valence-electron chi connectivity index (χ4n) is 3.75. The average Bonchev–Trinajstić information content (AvgIpc) is 2.75. The first-order valence-corrected chi connectivity index (χ1v) is 9.62. The molecule has 6 heteroatoms. The Morgan fingerprint density at radius 2 is 2.00 bits per heavy atom. The number of hydrogen-bond donors (Lipinski definition) is 1. The molecule has 6 nitrogen and oxygen atoms in total. The van der Waals surface area contributed by atoms with Crippen LogP contribution >= 0.6 is 0 Å². The highest BCUT2D eigenvalue weighted by Gasteiger charge is 2.16. The monoisotopic (exact) mass is 379 g/mol. The van der Waals surface area contributed by atoms with Gasteiger partial charge in [0.25, 0.3) is 5.56 Å². The molecule has 0 unspecified atom stereocenters. The molecule has 1 aliphatic heterocycles. The highest BCUT2D eigenvalue weighted by molar-refractivity contribution is 5.95. The molecule has 0 spiro atoms. The third-order valence-electron chi connectivity index (χ3n) is 5.39. The normalized spacial score (nSPS) is 14.9. The second-order valence-electron chi connectivity index (χ2n) is 7.25. The number of aryl methyl sites for hydroxylation is 1. The fourth-order valence-corrected chi connectivity index (χ4v) is 3.75. The zero-order valence-corrected chi connectivity index (χ0v) is 16.3. The summed E-state index contributed by atoms with van der Waals surface area (Å²) < 4.78 is 13.3. The van der Waals surface area contributed by atoms with Crippen LogP contribution in [0.4, 0.5) is 0 Å². The van der Waals surface area contributed by atoms with Crippen LogP contribution < -0.4 is 20.3 Å². The quantitative estimate of drug-likeness (QED) is 0.738. The lowest BCUT2D eigenvalue weighted by Gasteiger charge is -2.23. The molecule has 28 heavy (non-hydrogen) atoms. The predicted molar refractivity (Wildman–Crippen MR) is 110 cm³/mol. The van der Waals surface area contributed by atoms with Crippen molar-refractivity contribution in [3.8, 4) is 22.6 Å². The molecular formula is C22H25N3O3. The summed E-state index contributed by atoms with van der Waals surface area (Å²) in [7, 11) is 3.41. The molecule has 0 aliphatic carbocycles. The molecule has 1 aliphatic rings. The zero-order chi connectivity index (χ0) is 19.5. The van der Waals surface area contributed by atoms with E-state index in [2.05, 4.69) is 10.3 Å². The smallest absolute Gasteiger partial charge is 0.259 e. The van der Waals surface area contributed by atoms with E-state index in [4.69, 9.17) is 9.47 Å². The molecule has 0 atom stereocenters. The van der Waals surface area contributed by atoms with Gasteiger partial charge >= 0.3 is 0 Å². The Morgan fingerprint density at radius 1 is 1.18 bits per heavy atom. The van der Waals surface area contributed by atoms with E-state index in [9.17, 15) is 4.79 Å². The van der Waals surface area contributed by atoms with E-state index >= 15 is 0 Å². The van der Waals surface area contributed by atoms with Crippen LogP contribution in [0.3, 0.4) is 0 Å². The molecule has 2 aromatic heterocycles. The number of rotatable bonds is 5. The molecule has 4 rings (SSSR count). The maximum absolute atomic E-state index is 12.4. The highest BCUT2D eigenvalue weighted by Crippen LogP contribution is 2.35. The lowest BCUT2D eigenvalue weighted by molar-refractivity contribution is 0.208. The third-order valence-corrected chi connectivity index (χ3v) is 5.39. The van der Waals surface area contributed by atoms with Crippen molar-refractivity contribution in [1.82, 2.24) is 14.9 Å². The van der Waals surface area contributed by atoms with Crippen LogP contribution in [0.25, 0.3) is 21.9 Å². The minimum Gasteiger partial charge on any atom is -0.493 e. The first kappa shape index (κ1) is 18.5. The van der Waals surface area contributed by atoms with Gasteiger partial charge in [0.05, 0.1) is 19.1 Å². The zero-order valence-electron chi connectivity index (χ0n) is 16.3. The summed E-state index contributed by atoms with van der Waals surface area (Å²) in [5.41, 5.74) is 1.88. The molecule has 1 aromatic carbocycles. The summed E-state index contributed by atoms with van der Waals surface area (Å²) in [6.45, 7) is 2.81. The number of benzene rings is 1. The summed E-state index contributed by atoms with van der Waals surface area (Å²) >= 11 is 0. The Balaban J connectivity index is 1.67. The van der Waals surface area contributed by atoms with E-state index < -0.39 is 0 Å². The first-order valence-electron chi connectivity index (χ1n) is 9.62. The minimum absolute atomic E-state index is 0.0549. The molecule has 0 bridgehead atoms. The van der Waals surface area contributed by atoms with Gasteiger partial charge in [0.15, 0.2) is 11.5 Å². The van der Waals surface area contributed by atoms with Gasteiger partial charge in [0, 0.05) is 31.2 Å². The van der Waals surface area contributed by atoms with Crippen molar-refractivity contribution in [3.63, 3.8) is 0 Å². The van der Waals surface area contributed by atoms with Gasteiger partial charge in [-0.1, -0.05) is 6.07 Å². The van der Waals surface area contributed by atoms with Gasteiger partial charge in [-0.05, 0) is 61.0 Å². The average molecular weight is 379 g/mol. The van der Waals surface area contributed by atoms with Crippen LogP contribution in [0, 0.1) is 5.92 Å². The van der Waals surface area contributed by atoms with Crippen LogP contribution in [0.15, 0.2) is 47.7 Å². The van der Waals surface area contributed by atoms with Crippen LogP contribution in [0.2, 0.25) is 0 Å². The Labute approximate surface area is 164 Å². The van der Waals surface area contributed by atoms with Gasteiger partial charge in [-0.15, -0.1) is 0 Å². The fraction of sp³-hybridized carbons (Fsp3) is 0.364. The molecular weight excluding hydrogens is 354 g/mol. The standard InChI is InChI=1S/C22H25N3O3/c1-25-13-19(17-7-10-24-12-18(17)22(25)26)16-3-4-20(21(11-16)27-2)28-14-15-5-8-23-9-6-15/h3-4,7,10-13,15,23H,5-6,8-9,14H2,1-2H3. The lowest BCUT2D eigenvalue weighted by Crippen LogP contribution is -2.30. The number of aromatic nitrogens is 2. The van der Waals surface area contributed by atoms with Gasteiger partial charge in [-0.2, -0.15) is 0 Å². The van der Waals surface area contributed by atoms with Gasteiger partial charge in [0.1, 0.15) is 0 Å². The van der Waals surface area contributed by atoms with Gasteiger partial charge in [-0.3, -0.25) is 9.78 Å². The molecule has 3 aromatic rings. The van der Waals surface area contributed by atoms with E-state index in [1.807, 2.05) is 30.5 Å². The molecule has 0 saturated carbocycles. The first-order chi connectivity index (χ1) is 13.7. The Morgan fingerprint density at radius 3 is 2.79 bits per heavy atom. The largest absolute Gasteiger partial charge is 0.493 e. The van der Waals surface area contributed by atoms with E-state index in [1.54, 1.807) is 31.1 Å². The summed E-state index contributed by atoms with van der Waals surface area (Å²) in [5, 5.41) is 4.86. The molecule has 146 valence electrons. The van der Waals surface area contributed by atoms with Gasteiger partial charge in [-0.25, -0.2) is 0 Å². The predicted octanol–water partition coefficient (Wildman–Crippen LogP) is 2.99. The van der Waals surface area contributed by atoms with Crippen molar-refractivity contribution >= 4 is 10.8 Å². The lowest BCUT2D eigenvalue weighted by atomic mass is 9.99. The van der Waals surface area contributed by atoms with Crippen molar-refractivity contribution in [2.75, 3.05) is 26.8 Å². The molecule has 1 saturated heterocycles. The maximum Gasteiger partial charge on any atom is 0.259 e. The number of fused-ring (bicyclic) bond motifs is 1. The van der Waals surface area contributed by atoms with E-state index in [1.165, 1.54) is 0 Å². The van der Waals surface area contributed by atoms with Crippen LogP contribution in [-0.4, -0.2) is 36.4 Å². The summed E-state index contributed by atoms with van der Waals surface area (Å²) in [4.78, 5) is 16.5. The second-order valence-corrected chi connectivity index (χ2v) is 7.25. The number of pyridine rings is 2. The molecule has 1 N–H and O–H groups in total. The number of methoxy groups -OCH3 is 1. The SMILES string of the molecule is COc1cc(-c2cn(C)c(=O)c3cnccc23)ccc1OCC1CCNCC1. The Hall–Kier alpha value is -2.86. The molecule has 1 fully saturated rings. The van der Waals surface area contributed by atoms with Crippen molar-refractivity contribution in [2.24, 2.45) is 13.0 Å². The Kier molecular flexibility index (Phi) is 5.30. The summed E-state index contributed by atoms with van der Waals surface area (Å²) in [5.74, 6) is 2.02. The maximum atomic E-state index is 12.4. The van der Waals surface area contributed by atoms with Crippen molar-refractivity contribution in [2.45, 2.75) is 12.8 Å². The highest BCUT2D eigenvalue weighted by atomic mass is 16.5. The minimum atomic E-state index is -0.0549. The van der Waals surface area contributed by atoms with Crippen LogP contribution in [0.5, 0.6) is 11.5 Å². The number of nitrogens with zero attached hydrogens (tertiary/aromatic N) is 2. The van der Waals surface area contributed by atoms with Crippen LogP contribution in [-0.2, 0) is 7.05 Å². The van der Waals surface area contributed by atoms with E-state index in [0.717, 1.165) is 48.2 Å². The van der Waals surface area contributed by atoms with E-state index in [-0.39, 0.29) is 5.56 Å². The molecule has 0 radical (unpaired) electrons. The van der Waals surface area contributed by atoms with Crippen LogP contribution in [0.1, 0.15) is 12.8 Å². The number of piperidine rings is 1. The van der Waals surface area contributed by atoms with Crippen molar-refractivity contribution in [3.05, 3.63) is 53.2 Å². The molecule has 3 heterocycles. The third kappa shape index (κ3) is 3.60. The van der Waals surface area contributed by atoms with Gasteiger partial charge < -0.3 is 19.4 Å². The van der Waals surface area contributed by atoms with Gasteiger partial charge in [0.2, 0.25) is 0 Å². The Bertz CT molecular complexity index is 1040. The van der Waals surface area contributed by atoms with E-state index in [0.29, 0.717) is 23.7 Å². The van der Waals surface area contributed by atoms with Crippen molar-refractivity contribution in [1.29, 1.82) is 0 Å². The van der Waals surface area contributed by atoms with Crippen molar-refractivity contribution < 1.29 is 9.47 Å².